The van der Waals surface area contributed by atoms with Crippen molar-refractivity contribution in [2.24, 2.45) is 0 Å². The molecule has 0 aliphatic carbocycles. The van der Waals surface area contributed by atoms with Crippen LogP contribution in [0.3, 0.4) is 0 Å². The van der Waals surface area contributed by atoms with Gasteiger partial charge in [-0.3, -0.25) is 0 Å². The standard InChI is InChI=1S/C11H11BrF3NO/c1-17-8-5-7(12)4-6-2-3-9(11(13,14)15)16-10(6)8/h4-5,9,16H,2-3H2,1H3. The molecule has 1 atom stereocenters. The van der Waals surface area contributed by atoms with Crippen LogP contribution in [0.25, 0.3) is 0 Å². The number of nitrogens with one attached hydrogen (secondary N) is 1. The van der Waals surface area contributed by atoms with Crippen LogP contribution in [-0.2, 0) is 6.42 Å². The first-order valence-electron chi connectivity index (χ1n) is 5.11. The molecular weight excluding hydrogens is 299 g/mol. The first-order chi connectivity index (χ1) is 7.91. The second-order valence-corrected chi connectivity index (χ2v) is 4.84. The molecule has 0 saturated heterocycles. The number of anilines is 1. The first kappa shape index (κ1) is 12.5. The summed E-state index contributed by atoms with van der Waals surface area (Å²) in [6.45, 7) is 0. The van der Waals surface area contributed by atoms with E-state index in [-0.39, 0.29) is 6.42 Å². The number of fused-ring (bicyclic) bond motifs is 1. The van der Waals surface area contributed by atoms with Crippen LogP contribution >= 0.6 is 15.9 Å². The number of benzene rings is 1. The zero-order valence-electron chi connectivity index (χ0n) is 9.07. The minimum Gasteiger partial charge on any atom is -0.495 e. The minimum atomic E-state index is -4.23. The van der Waals surface area contributed by atoms with Crippen molar-refractivity contribution in [3.05, 3.63) is 22.2 Å². The summed E-state index contributed by atoms with van der Waals surface area (Å²) in [4.78, 5) is 0. The second kappa shape index (κ2) is 4.40. The lowest BCUT2D eigenvalue weighted by Crippen LogP contribution is -2.39. The van der Waals surface area contributed by atoms with Gasteiger partial charge < -0.3 is 10.1 Å². The van der Waals surface area contributed by atoms with Crippen LogP contribution in [0.4, 0.5) is 18.9 Å². The molecular formula is C11H11BrF3NO. The molecule has 0 aromatic heterocycles. The lowest BCUT2D eigenvalue weighted by Gasteiger charge is -2.29. The van der Waals surface area contributed by atoms with Crippen molar-refractivity contribution in [2.75, 3.05) is 12.4 Å². The molecule has 0 spiro atoms. The van der Waals surface area contributed by atoms with Crippen LogP contribution in [0.5, 0.6) is 5.75 Å². The van der Waals surface area contributed by atoms with Gasteiger partial charge in [0.15, 0.2) is 0 Å². The third-order valence-electron chi connectivity index (χ3n) is 2.78. The van der Waals surface area contributed by atoms with E-state index >= 15 is 0 Å². The number of hydrogen-bond donors (Lipinski definition) is 1. The summed E-state index contributed by atoms with van der Waals surface area (Å²) >= 11 is 3.31. The average molecular weight is 310 g/mol. The third kappa shape index (κ3) is 2.51. The highest BCUT2D eigenvalue weighted by Crippen LogP contribution is 2.40. The van der Waals surface area contributed by atoms with Gasteiger partial charge >= 0.3 is 6.18 Å². The summed E-state index contributed by atoms with van der Waals surface area (Å²) in [6, 6.07) is 1.98. The van der Waals surface area contributed by atoms with Gasteiger partial charge in [-0.25, -0.2) is 0 Å². The molecule has 2 rings (SSSR count). The van der Waals surface area contributed by atoms with Gasteiger partial charge in [0.25, 0.3) is 0 Å². The van der Waals surface area contributed by atoms with E-state index in [1.54, 1.807) is 6.07 Å². The van der Waals surface area contributed by atoms with E-state index in [1.165, 1.54) is 7.11 Å². The largest absolute Gasteiger partial charge is 0.495 e. The van der Waals surface area contributed by atoms with Gasteiger partial charge in [0, 0.05) is 4.47 Å². The van der Waals surface area contributed by atoms with E-state index in [0.29, 0.717) is 17.9 Å². The van der Waals surface area contributed by atoms with Crippen molar-refractivity contribution in [1.82, 2.24) is 0 Å². The first-order valence-corrected chi connectivity index (χ1v) is 5.91. The van der Waals surface area contributed by atoms with E-state index in [2.05, 4.69) is 21.2 Å². The molecule has 1 aromatic rings. The van der Waals surface area contributed by atoms with E-state index in [1.807, 2.05) is 6.07 Å². The normalized spacial score (nSPS) is 19.5. The van der Waals surface area contributed by atoms with Crippen LogP contribution in [-0.4, -0.2) is 19.3 Å². The molecule has 1 heterocycles. The van der Waals surface area contributed by atoms with Gasteiger partial charge in [-0.15, -0.1) is 0 Å². The Labute approximate surface area is 105 Å². The van der Waals surface area contributed by atoms with Gasteiger partial charge in [-0.05, 0) is 30.5 Å². The van der Waals surface area contributed by atoms with Gasteiger partial charge in [-0.2, -0.15) is 13.2 Å². The smallest absolute Gasteiger partial charge is 0.408 e. The highest BCUT2D eigenvalue weighted by Gasteiger charge is 2.41. The Morgan fingerprint density at radius 3 is 2.71 bits per heavy atom. The minimum absolute atomic E-state index is 0.0517. The number of rotatable bonds is 1. The average Bonchev–Trinajstić information content (AvgIpc) is 2.25. The number of aryl methyl sites for hydroxylation is 1. The van der Waals surface area contributed by atoms with Gasteiger partial charge in [0.2, 0.25) is 0 Å². The number of hydrogen-bond acceptors (Lipinski definition) is 2. The van der Waals surface area contributed by atoms with Crippen molar-refractivity contribution in [3.8, 4) is 5.75 Å². The molecule has 0 saturated carbocycles. The van der Waals surface area contributed by atoms with Crippen LogP contribution in [0.1, 0.15) is 12.0 Å². The number of methoxy groups -OCH3 is 1. The fraction of sp³-hybridized carbons (Fsp3) is 0.455. The Morgan fingerprint density at radius 1 is 1.41 bits per heavy atom. The molecule has 0 bridgehead atoms. The van der Waals surface area contributed by atoms with Crippen molar-refractivity contribution < 1.29 is 17.9 Å². The molecule has 1 aliphatic heterocycles. The molecule has 6 heteroatoms. The fourth-order valence-electron chi connectivity index (χ4n) is 1.95. The molecule has 1 unspecified atom stereocenters. The quantitative estimate of drug-likeness (QED) is 0.853. The highest BCUT2D eigenvalue weighted by atomic mass is 79.9. The molecule has 2 nitrogen and oxygen atoms in total. The summed E-state index contributed by atoms with van der Waals surface area (Å²) in [5.41, 5.74) is 1.29. The lowest BCUT2D eigenvalue weighted by atomic mass is 9.97. The second-order valence-electron chi connectivity index (χ2n) is 3.92. The van der Waals surface area contributed by atoms with E-state index in [4.69, 9.17) is 4.74 Å². The Kier molecular flexibility index (Phi) is 3.25. The Morgan fingerprint density at radius 2 is 2.12 bits per heavy atom. The van der Waals surface area contributed by atoms with Gasteiger partial charge in [0.1, 0.15) is 11.8 Å². The number of ether oxygens (including phenoxy) is 1. The summed E-state index contributed by atoms with van der Waals surface area (Å²) in [5.74, 6) is 0.434. The molecule has 0 fully saturated rings. The number of halogens is 4. The van der Waals surface area contributed by atoms with Crippen molar-refractivity contribution in [1.29, 1.82) is 0 Å². The monoisotopic (exact) mass is 309 g/mol. The SMILES string of the molecule is COc1cc(Br)cc2c1NC(C(F)(F)F)CC2. The van der Waals surface area contributed by atoms with Crippen LogP contribution < -0.4 is 10.1 Å². The lowest BCUT2D eigenvalue weighted by molar-refractivity contribution is -0.144. The summed E-state index contributed by atoms with van der Waals surface area (Å²) < 4.78 is 43.8. The molecule has 1 aliphatic rings. The van der Waals surface area contributed by atoms with E-state index in [0.717, 1.165) is 10.0 Å². The zero-order valence-corrected chi connectivity index (χ0v) is 10.7. The topological polar surface area (TPSA) is 21.3 Å². The van der Waals surface area contributed by atoms with Crippen molar-refractivity contribution in [2.45, 2.75) is 25.1 Å². The number of alkyl halides is 3. The molecule has 1 N–H and O–H groups in total. The highest BCUT2D eigenvalue weighted by molar-refractivity contribution is 9.10. The zero-order chi connectivity index (χ0) is 12.6. The Bertz CT molecular complexity index is 416. The molecule has 0 amide bonds. The maximum absolute atomic E-state index is 12.6. The van der Waals surface area contributed by atoms with Crippen molar-refractivity contribution >= 4 is 21.6 Å². The maximum atomic E-state index is 12.6. The maximum Gasteiger partial charge on any atom is 0.408 e. The molecule has 1 aromatic carbocycles. The van der Waals surface area contributed by atoms with Crippen molar-refractivity contribution in [3.63, 3.8) is 0 Å². The van der Waals surface area contributed by atoms with Crippen LogP contribution in [0, 0.1) is 0 Å². The Hall–Kier alpha value is -0.910. The predicted octanol–water partition coefficient (Wildman–Crippen LogP) is 3.75. The Balaban J connectivity index is 2.37. The third-order valence-corrected chi connectivity index (χ3v) is 3.24. The predicted molar refractivity (Wildman–Crippen MR) is 62.5 cm³/mol. The van der Waals surface area contributed by atoms with Crippen LogP contribution in [0.2, 0.25) is 0 Å². The fourth-order valence-corrected chi connectivity index (χ4v) is 2.43. The van der Waals surface area contributed by atoms with E-state index < -0.39 is 12.2 Å². The van der Waals surface area contributed by atoms with Gasteiger partial charge in [0.05, 0.1) is 12.8 Å². The summed E-state index contributed by atoms with van der Waals surface area (Å²) in [6.07, 6.45) is -3.78. The molecule has 17 heavy (non-hydrogen) atoms. The molecule has 0 radical (unpaired) electrons. The molecule has 94 valence electrons. The van der Waals surface area contributed by atoms with E-state index in [9.17, 15) is 13.2 Å². The summed E-state index contributed by atoms with van der Waals surface area (Å²) in [7, 11) is 1.45. The summed E-state index contributed by atoms with van der Waals surface area (Å²) in [5, 5.41) is 2.51. The van der Waals surface area contributed by atoms with Crippen LogP contribution in [0.15, 0.2) is 16.6 Å². The van der Waals surface area contributed by atoms with Gasteiger partial charge in [-0.1, -0.05) is 15.9 Å².